The van der Waals surface area contributed by atoms with Gasteiger partial charge in [0.15, 0.2) is 0 Å². The van der Waals surface area contributed by atoms with E-state index in [9.17, 15) is 4.79 Å². The van der Waals surface area contributed by atoms with E-state index in [-0.39, 0.29) is 5.91 Å². The van der Waals surface area contributed by atoms with Crippen LogP contribution in [0.2, 0.25) is 0 Å². The number of benzene rings is 1. The van der Waals surface area contributed by atoms with Crippen molar-refractivity contribution in [2.75, 3.05) is 18.1 Å². The van der Waals surface area contributed by atoms with Crippen molar-refractivity contribution in [2.24, 2.45) is 5.73 Å². The van der Waals surface area contributed by atoms with Gasteiger partial charge in [0.05, 0.1) is 18.8 Å². The van der Waals surface area contributed by atoms with Crippen LogP contribution >= 0.6 is 0 Å². The summed E-state index contributed by atoms with van der Waals surface area (Å²) in [6.07, 6.45) is 1.68. The summed E-state index contributed by atoms with van der Waals surface area (Å²) in [6, 6.07) is 9.91. The lowest BCUT2D eigenvalue weighted by atomic mass is 10.2. The number of anilines is 1. The third-order valence-corrected chi connectivity index (χ3v) is 2.36. The maximum atomic E-state index is 11.0. The molecule has 0 aliphatic carbocycles. The summed E-state index contributed by atoms with van der Waals surface area (Å²) in [4.78, 5) is 13.1. The SMILES string of the molecule is NC(=O)C1=CNCN(c2ccccc2)C1. The van der Waals surface area contributed by atoms with Gasteiger partial charge in [-0.3, -0.25) is 4.79 Å². The molecule has 3 N–H and O–H groups in total. The normalized spacial score (nSPS) is 15.5. The second kappa shape index (κ2) is 4.04. The quantitative estimate of drug-likeness (QED) is 0.732. The fourth-order valence-electron chi connectivity index (χ4n) is 1.56. The number of primary amides is 1. The van der Waals surface area contributed by atoms with E-state index in [0.717, 1.165) is 5.69 Å². The summed E-state index contributed by atoms with van der Waals surface area (Å²) in [6.45, 7) is 1.26. The minimum absolute atomic E-state index is 0.372. The molecule has 1 aliphatic rings. The topological polar surface area (TPSA) is 58.4 Å². The molecular weight excluding hydrogens is 190 g/mol. The first-order valence-corrected chi connectivity index (χ1v) is 4.79. The standard InChI is InChI=1S/C11H13N3O/c12-11(15)9-6-13-8-14(7-9)10-4-2-1-3-5-10/h1-6,13H,7-8H2,(H2,12,15). The number of carbonyl (C=O) groups is 1. The first kappa shape index (κ1) is 9.58. The van der Waals surface area contributed by atoms with Gasteiger partial charge in [-0.15, -0.1) is 0 Å². The van der Waals surface area contributed by atoms with Crippen LogP contribution in [0.1, 0.15) is 0 Å². The largest absolute Gasteiger partial charge is 0.373 e. The van der Waals surface area contributed by atoms with E-state index in [4.69, 9.17) is 5.73 Å². The number of carbonyl (C=O) groups excluding carboxylic acids is 1. The fraction of sp³-hybridized carbons (Fsp3) is 0.182. The van der Waals surface area contributed by atoms with E-state index in [1.54, 1.807) is 6.20 Å². The Balaban J connectivity index is 2.15. The third-order valence-electron chi connectivity index (χ3n) is 2.36. The van der Waals surface area contributed by atoms with Crippen LogP contribution in [0, 0.1) is 0 Å². The number of nitrogens with one attached hydrogen (secondary N) is 1. The van der Waals surface area contributed by atoms with E-state index in [0.29, 0.717) is 18.8 Å². The van der Waals surface area contributed by atoms with Gasteiger partial charge in [-0.2, -0.15) is 0 Å². The first-order chi connectivity index (χ1) is 7.27. The zero-order chi connectivity index (χ0) is 10.7. The molecule has 4 nitrogen and oxygen atoms in total. The summed E-state index contributed by atoms with van der Waals surface area (Å²) in [5.74, 6) is -0.372. The van der Waals surface area contributed by atoms with Gasteiger partial charge in [-0.05, 0) is 12.1 Å². The number of nitrogens with zero attached hydrogens (tertiary/aromatic N) is 1. The van der Waals surface area contributed by atoms with Crippen molar-refractivity contribution in [1.82, 2.24) is 5.32 Å². The first-order valence-electron chi connectivity index (χ1n) is 4.79. The van der Waals surface area contributed by atoms with Crippen LogP contribution in [0.25, 0.3) is 0 Å². The fourth-order valence-corrected chi connectivity index (χ4v) is 1.56. The Labute approximate surface area is 88.4 Å². The Morgan fingerprint density at radius 3 is 2.73 bits per heavy atom. The predicted molar refractivity (Wildman–Crippen MR) is 59.1 cm³/mol. The van der Waals surface area contributed by atoms with Gasteiger partial charge in [-0.25, -0.2) is 0 Å². The molecule has 0 fully saturated rings. The zero-order valence-electron chi connectivity index (χ0n) is 8.31. The van der Waals surface area contributed by atoms with Crippen molar-refractivity contribution in [2.45, 2.75) is 0 Å². The monoisotopic (exact) mass is 203 g/mol. The summed E-state index contributed by atoms with van der Waals surface area (Å²) in [5.41, 5.74) is 6.92. The Bertz CT molecular complexity index is 386. The molecule has 4 heteroatoms. The second-order valence-corrected chi connectivity index (χ2v) is 3.43. The Kier molecular flexibility index (Phi) is 2.58. The van der Waals surface area contributed by atoms with E-state index < -0.39 is 0 Å². The van der Waals surface area contributed by atoms with Gasteiger partial charge in [0.25, 0.3) is 0 Å². The highest BCUT2D eigenvalue weighted by Gasteiger charge is 2.15. The molecule has 0 unspecified atom stereocenters. The zero-order valence-corrected chi connectivity index (χ0v) is 8.31. The lowest BCUT2D eigenvalue weighted by Gasteiger charge is -2.28. The van der Waals surface area contributed by atoms with Crippen molar-refractivity contribution >= 4 is 11.6 Å². The molecule has 1 heterocycles. The van der Waals surface area contributed by atoms with Crippen LogP contribution in [0.15, 0.2) is 42.1 Å². The molecule has 0 radical (unpaired) electrons. The van der Waals surface area contributed by atoms with Crippen LogP contribution in [0.5, 0.6) is 0 Å². The van der Waals surface area contributed by atoms with Gasteiger partial charge in [-0.1, -0.05) is 18.2 Å². The van der Waals surface area contributed by atoms with E-state index in [2.05, 4.69) is 10.2 Å². The van der Waals surface area contributed by atoms with E-state index >= 15 is 0 Å². The molecular formula is C11H13N3O. The lowest BCUT2D eigenvalue weighted by molar-refractivity contribution is -0.114. The maximum absolute atomic E-state index is 11.0. The summed E-state index contributed by atoms with van der Waals surface area (Å²) < 4.78 is 0. The van der Waals surface area contributed by atoms with Crippen molar-refractivity contribution in [3.05, 3.63) is 42.1 Å². The molecule has 0 spiro atoms. The highest BCUT2D eigenvalue weighted by atomic mass is 16.1. The Morgan fingerprint density at radius 2 is 2.07 bits per heavy atom. The average Bonchev–Trinajstić information content (AvgIpc) is 2.30. The highest BCUT2D eigenvalue weighted by molar-refractivity contribution is 5.93. The van der Waals surface area contributed by atoms with Gasteiger partial charge in [0, 0.05) is 11.9 Å². The Morgan fingerprint density at radius 1 is 1.33 bits per heavy atom. The van der Waals surface area contributed by atoms with E-state index in [1.807, 2.05) is 30.3 Å². The van der Waals surface area contributed by atoms with Gasteiger partial charge in [0.2, 0.25) is 5.91 Å². The molecule has 0 saturated heterocycles. The molecule has 0 saturated carbocycles. The molecule has 0 atom stereocenters. The number of nitrogens with two attached hydrogens (primary N) is 1. The van der Waals surface area contributed by atoms with Crippen molar-refractivity contribution in [3.63, 3.8) is 0 Å². The van der Waals surface area contributed by atoms with Crippen molar-refractivity contribution < 1.29 is 4.79 Å². The van der Waals surface area contributed by atoms with Crippen molar-refractivity contribution in [3.8, 4) is 0 Å². The molecule has 78 valence electrons. The molecule has 2 rings (SSSR count). The molecule has 0 aromatic heterocycles. The summed E-state index contributed by atoms with van der Waals surface area (Å²) in [7, 11) is 0. The lowest BCUT2D eigenvalue weighted by Crippen LogP contribution is -2.40. The van der Waals surface area contributed by atoms with Crippen LogP contribution in [0.4, 0.5) is 5.69 Å². The van der Waals surface area contributed by atoms with Crippen LogP contribution in [0.3, 0.4) is 0 Å². The van der Waals surface area contributed by atoms with Crippen molar-refractivity contribution in [1.29, 1.82) is 0 Å². The average molecular weight is 203 g/mol. The maximum Gasteiger partial charge on any atom is 0.247 e. The number of hydrogen-bond donors (Lipinski definition) is 2. The molecule has 0 bridgehead atoms. The summed E-state index contributed by atoms with van der Waals surface area (Å²) >= 11 is 0. The van der Waals surface area contributed by atoms with Crippen LogP contribution in [-0.4, -0.2) is 19.1 Å². The minimum atomic E-state index is -0.372. The smallest absolute Gasteiger partial charge is 0.247 e. The molecule has 1 amide bonds. The molecule has 1 aliphatic heterocycles. The number of rotatable bonds is 2. The molecule has 15 heavy (non-hydrogen) atoms. The van der Waals surface area contributed by atoms with E-state index in [1.165, 1.54) is 0 Å². The predicted octanol–water partition coefficient (Wildman–Crippen LogP) is 0.423. The molecule has 1 aromatic carbocycles. The van der Waals surface area contributed by atoms with Crippen LogP contribution < -0.4 is 16.0 Å². The summed E-state index contributed by atoms with van der Waals surface area (Å²) in [5, 5.41) is 3.03. The Hall–Kier alpha value is -1.97. The number of para-hydroxylation sites is 1. The number of hydrogen-bond acceptors (Lipinski definition) is 3. The minimum Gasteiger partial charge on any atom is -0.373 e. The third kappa shape index (κ3) is 2.10. The highest BCUT2D eigenvalue weighted by Crippen LogP contribution is 2.15. The van der Waals surface area contributed by atoms with Gasteiger partial charge >= 0.3 is 0 Å². The van der Waals surface area contributed by atoms with Gasteiger partial charge in [0.1, 0.15) is 0 Å². The van der Waals surface area contributed by atoms with Gasteiger partial charge < -0.3 is 16.0 Å². The number of amides is 1. The second-order valence-electron chi connectivity index (χ2n) is 3.43. The molecule has 1 aromatic rings. The van der Waals surface area contributed by atoms with Crippen LogP contribution in [-0.2, 0) is 4.79 Å².